The lowest BCUT2D eigenvalue weighted by Crippen LogP contribution is -2.51. The number of fused-ring (bicyclic) bond motifs is 1. The van der Waals surface area contributed by atoms with E-state index >= 15 is 0 Å². The zero-order chi connectivity index (χ0) is 16.5. The van der Waals surface area contributed by atoms with E-state index in [0.717, 1.165) is 26.2 Å². The molecule has 2 unspecified atom stereocenters. The quantitative estimate of drug-likeness (QED) is 0.913. The van der Waals surface area contributed by atoms with Gasteiger partial charge in [-0.05, 0) is 35.7 Å². The lowest BCUT2D eigenvalue weighted by atomic mass is 9.83. The number of rotatable bonds is 3. The number of nitrogens with one attached hydrogen (secondary N) is 1. The van der Waals surface area contributed by atoms with E-state index in [1.165, 1.54) is 16.7 Å². The van der Waals surface area contributed by atoms with Crippen molar-refractivity contribution in [3.05, 3.63) is 71.3 Å². The fraction of sp³-hybridized carbons (Fsp3) is 0.381. The zero-order valence-corrected chi connectivity index (χ0v) is 15.3. The minimum absolute atomic E-state index is 0. The molecular formula is C21H25ClN2O. The van der Waals surface area contributed by atoms with Crippen molar-refractivity contribution in [3.8, 4) is 0 Å². The molecular weight excluding hydrogens is 332 g/mol. The number of carbonyl (C=O) groups is 1. The van der Waals surface area contributed by atoms with Gasteiger partial charge in [0.15, 0.2) is 0 Å². The van der Waals surface area contributed by atoms with Crippen LogP contribution in [-0.4, -0.2) is 30.4 Å². The number of nitrogens with zero attached hydrogens (tertiary/aromatic N) is 1. The van der Waals surface area contributed by atoms with E-state index < -0.39 is 0 Å². The van der Waals surface area contributed by atoms with E-state index in [9.17, 15) is 4.79 Å². The standard InChI is InChI=1S/C21H24N2O.ClH/c1-15(18-11-22-12-18)21(24)23-13-17-9-5-6-10-19(17)20(14-23)16-7-3-2-4-8-16;/h2-10,15,18,20,22H,11-14H2,1H3;1H. The van der Waals surface area contributed by atoms with Crippen molar-refractivity contribution in [1.82, 2.24) is 10.2 Å². The molecule has 0 saturated carbocycles. The third-order valence-corrected chi connectivity index (χ3v) is 5.62. The molecule has 1 amide bonds. The van der Waals surface area contributed by atoms with Gasteiger partial charge in [-0.1, -0.05) is 61.5 Å². The van der Waals surface area contributed by atoms with Gasteiger partial charge in [0.1, 0.15) is 0 Å². The van der Waals surface area contributed by atoms with E-state index in [1.807, 2.05) is 6.07 Å². The second-order valence-corrected chi connectivity index (χ2v) is 7.09. The first-order valence-electron chi connectivity index (χ1n) is 8.86. The monoisotopic (exact) mass is 356 g/mol. The molecule has 1 saturated heterocycles. The summed E-state index contributed by atoms with van der Waals surface area (Å²) in [5.41, 5.74) is 3.94. The maximum Gasteiger partial charge on any atom is 0.226 e. The van der Waals surface area contributed by atoms with E-state index in [2.05, 4.69) is 65.7 Å². The Morgan fingerprint density at radius 3 is 2.44 bits per heavy atom. The molecule has 2 atom stereocenters. The van der Waals surface area contributed by atoms with Crippen molar-refractivity contribution < 1.29 is 4.79 Å². The molecule has 0 radical (unpaired) electrons. The molecule has 2 heterocycles. The Hall–Kier alpha value is -1.84. The first-order valence-corrected chi connectivity index (χ1v) is 8.86. The predicted octanol–water partition coefficient (Wildman–Crippen LogP) is 3.44. The second kappa shape index (κ2) is 7.59. The van der Waals surface area contributed by atoms with E-state index in [1.54, 1.807) is 0 Å². The van der Waals surface area contributed by atoms with Gasteiger partial charge < -0.3 is 10.2 Å². The molecule has 0 spiro atoms. The number of hydrogen-bond acceptors (Lipinski definition) is 2. The Morgan fingerprint density at radius 1 is 1.08 bits per heavy atom. The van der Waals surface area contributed by atoms with Gasteiger partial charge in [0.2, 0.25) is 5.91 Å². The molecule has 25 heavy (non-hydrogen) atoms. The van der Waals surface area contributed by atoms with Crippen molar-refractivity contribution in [2.45, 2.75) is 19.4 Å². The summed E-state index contributed by atoms with van der Waals surface area (Å²) >= 11 is 0. The third-order valence-electron chi connectivity index (χ3n) is 5.62. The average Bonchev–Trinajstić information content (AvgIpc) is 2.59. The number of hydrogen-bond donors (Lipinski definition) is 1. The summed E-state index contributed by atoms with van der Waals surface area (Å²) in [5, 5.41) is 3.28. The topological polar surface area (TPSA) is 32.3 Å². The second-order valence-electron chi connectivity index (χ2n) is 7.09. The van der Waals surface area contributed by atoms with Gasteiger partial charge in [-0.3, -0.25) is 4.79 Å². The van der Waals surface area contributed by atoms with Gasteiger partial charge in [0.25, 0.3) is 0 Å². The maximum absolute atomic E-state index is 13.0. The molecule has 2 aromatic carbocycles. The van der Waals surface area contributed by atoms with Crippen molar-refractivity contribution in [2.24, 2.45) is 11.8 Å². The highest BCUT2D eigenvalue weighted by Gasteiger charge is 2.35. The summed E-state index contributed by atoms with van der Waals surface area (Å²) in [4.78, 5) is 15.1. The van der Waals surface area contributed by atoms with Crippen molar-refractivity contribution >= 4 is 18.3 Å². The lowest BCUT2D eigenvalue weighted by molar-refractivity contribution is -0.138. The molecule has 0 aliphatic carbocycles. The van der Waals surface area contributed by atoms with Crippen molar-refractivity contribution in [1.29, 1.82) is 0 Å². The molecule has 1 N–H and O–H groups in total. The first-order chi connectivity index (χ1) is 11.7. The van der Waals surface area contributed by atoms with Crippen molar-refractivity contribution in [2.75, 3.05) is 19.6 Å². The van der Waals surface area contributed by atoms with Crippen LogP contribution in [0.15, 0.2) is 54.6 Å². The maximum atomic E-state index is 13.0. The minimum atomic E-state index is 0. The summed E-state index contributed by atoms with van der Waals surface area (Å²) in [6, 6.07) is 19.1. The summed E-state index contributed by atoms with van der Waals surface area (Å²) in [6.45, 7) is 5.55. The molecule has 2 aromatic rings. The Kier molecular flexibility index (Phi) is 5.45. The summed E-state index contributed by atoms with van der Waals surface area (Å²) in [7, 11) is 0. The van der Waals surface area contributed by atoms with E-state index in [-0.39, 0.29) is 24.2 Å². The molecule has 3 nitrogen and oxygen atoms in total. The van der Waals surface area contributed by atoms with Gasteiger partial charge >= 0.3 is 0 Å². The molecule has 0 aromatic heterocycles. The van der Waals surface area contributed by atoms with Crippen LogP contribution in [0, 0.1) is 11.8 Å². The Labute approximate surface area is 155 Å². The van der Waals surface area contributed by atoms with Crippen LogP contribution in [0.5, 0.6) is 0 Å². The van der Waals surface area contributed by atoms with Crippen LogP contribution in [0.25, 0.3) is 0 Å². The molecule has 132 valence electrons. The fourth-order valence-electron chi connectivity index (χ4n) is 3.90. The summed E-state index contributed by atoms with van der Waals surface area (Å²) < 4.78 is 0. The van der Waals surface area contributed by atoms with Gasteiger partial charge in [0.05, 0.1) is 0 Å². The van der Waals surface area contributed by atoms with Gasteiger partial charge in [0, 0.05) is 24.9 Å². The predicted molar refractivity (Wildman–Crippen MR) is 103 cm³/mol. The highest BCUT2D eigenvalue weighted by Crippen LogP contribution is 2.34. The number of amides is 1. The zero-order valence-electron chi connectivity index (χ0n) is 14.5. The largest absolute Gasteiger partial charge is 0.337 e. The average molecular weight is 357 g/mol. The Balaban J connectivity index is 0.00000182. The van der Waals surface area contributed by atoms with Gasteiger partial charge in [-0.15, -0.1) is 12.4 Å². The minimum Gasteiger partial charge on any atom is -0.337 e. The van der Waals surface area contributed by atoms with Crippen molar-refractivity contribution in [3.63, 3.8) is 0 Å². The molecule has 2 aliphatic heterocycles. The van der Waals surface area contributed by atoms with Crippen LogP contribution in [0.4, 0.5) is 0 Å². The van der Waals surface area contributed by atoms with Crippen LogP contribution >= 0.6 is 12.4 Å². The molecule has 4 heteroatoms. The number of carbonyl (C=O) groups excluding carboxylic acids is 1. The summed E-state index contributed by atoms with van der Waals surface area (Å²) in [5.74, 6) is 1.17. The third kappa shape index (κ3) is 3.44. The Morgan fingerprint density at radius 2 is 1.76 bits per heavy atom. The van der Waals surface area contributed by atoms with Crippen LogP contribution in [0.1, 0.15) is 29.5 Å². The normalized spacial score (nSPS) is 20.8. The highest BCUT2D eigenvalue weighted by atomic mass is 35.5. The smallest absolute Gasteiger partial charge is 0.226 e. The van der Waals surface area contributed by atoms with Crippen LogP contribution in [0.3, 0.4) is 0 Å². The van der Waals surface area contributed by atoms with Crippen LogP contribution < -0.4 is 5.32 Å². The molecule has 0 bridgehead atoms. The number of halogens is 1. The van der Waals surface area contributed by atoms with Crippen LogP contribution in [-0.2, 0) is 11.3 Å². The fourth-order valence-corrected chi connectivity index (χ4v) is 3.90. The van der Waals surface area contributed by atoms with Gasteiger partial charge in [-0.2, -0.15) is 0 Å². The molecule has 1 fully saturated rings. The first kappa shape index (κ1) is 18.0. The van der Waals surface area contributed by atoms with Crippen LogP contribution in [0.2, 0.25) is 0 Å². The molecule has 2 aliphatic rings. The number of benzene rings is 2. The molecule has 4 rings (SSSR count). The van der Waals surface area contributed by atoms with E-state index in [4.69, 9.17) is 0 Å². The Bertz CT molecular complexity index is 730. The SMILES string of the molecule is CC(C(=O)N1Cc2ccccc2C(c2ccccc2)C1)C1CNC1.Cl. The van der Waals surface area contributed by atoms with E-state index in [0.29, 0.717) is 11.8 Å². The lowest BCUT2D eigenvalue weighted by Gasteiger charge is -2.39. The summed E-state index contributed by atoms with van der Waals surface area (Å²) in [6.07, 6.45) is 0. The highest BCUT2D eigenvalue weighted by molar-refractivity contribution is 5.85. The van der Waals surface area contributed by atoms with Gasteiger partial charge in [-0.25, -0.2) is 0 Å².